The summed E-state index contributed by atoms with van der Waals surface area (Å²) in [4.78, 5) is 39.7. The number of phosphoric ester groups is 1. The van der Waals surface area contributed by atoms with Crippen LogP contribution in [0.4, 0.5) is 0 Å². The molecule has 3 atom stereocenters. The summed E-state index contributed by atoms with van der Waals surface area (Å²) in [5.41, 5.74) is 0. The summed E-state index contributed by atoms with van der Waals surface area (Å²) in [6.45, 7) is 6.62. The largest absolute Gasteiger partial charge is 0.756 e. The van der Waals surface area contributed by atoms with Gasteiger partial charge in [-0.3, -0.25) is 14.2 Å². The van der Waals surface area contributed by atoms with E-state index in [4.69, 9.17) is 13.8 Å². The lowest BCUT2D eigenvalue weighted by Crippen LogP contribution is -2.47. The van der Waals surface area contributed by atoms with Gasteiger partial charge in [0.2, 0.25) is 5.91 Å². The third-order valence-corrected chi connectivity index (χ3v) is 12.3. The third-order valence-electron chi connectivity index (χ3n) is 11.3. The lowest BCUT2D eigenvalue weighted by atomic mass is 10.1. The van der Waals surface area contributed by atoms with E-state index >= 15 is 0 Å². The van der Waals surface area contributed by atoms with Crippen LogP contribution in [0.3, 0.4) is 0 Å². The fraction of sp³-hybridized carbons (Fsp3) is 0.719. The number of likely N-dealkylation sites (N-methyl/N-ethyl adjacent to an activating group) is 1. The van der Waals surface area contributed by atoms with Gasteiger partial charge in [-0.2, -0.15) is 0 Å². The molecule has 0 aromatic heterocycles. The second-order valence-corrected chi connectivity index (χ2v) is 20.4. The normalized spacial score (nSPS) is 14.6. The minimum Gasteiger partial charge on any atom is -0.756 e. The van der Waals surface area contributed by atoms with Gasteiger partial charge in [0, 0.05) is 12.8 Å². The molecule has 0 spiro atoms. The van der Waals surface area contributed by atoms with Gasteiger partial charge in [0.15, 0.2) is 0 Å². The zero-order valence-corrected chi connectivity index (χ0v) is 44.7. The molecule has 67 heavy (non-hydrogen) atoms. The van der Waals surface area contributed by atoms with Crippen molar-refractivity contribution in [3.63, 3.8) is 0 Å². The summed E-state index contributed by atoms with van der Waals surface area (Å²) in [7, 11) is 1.14. The second-order valence-electron chi connectivity index (χ2n) is 19.0. The first kappa shape index (κ1) is 64.2. The van der Waals surface area contributed by atoms with Crippen LogP contribution in [0.1, 0.15) is 213 Å². The van der Waals surface area contributed by atoms with Crippen molar-refractivity contribution < 1.29 is 37.3 Å². The molecule has 1 N–H and O–H groups in total. The Morgan fingerprint density at radius 3 is 1.51 bits per heavy atom. The Morgan fingerprint density at radius 2 is 0.970 bits per heavy atom. The fourth-order valence-electron chi connectivity index (χ4n) is 7.12. The average molecular weight is 957 g/mol. The van der Waals surface area contributed by atoms with E-state index in [9.17, 15) is 19.0 Å². The van der Waals surface area contributed by atoms with E-state index in [2.05, 4.69) is 99.0 Å². The molecule has 9 nitrogen and oxygen atoms in total. The highest BCUT2D eigenvalue weighted by Gasteiger charge is 2.27. The Morgan fingerprint density at radius 1 is 0.537 bits per heavy atom. The summed E-state index contributed by atoms with van der Waals surface area (Å²) < 4.78 is 30.1. The van der Waals surface area contributed by atoms with E-state index in [-0.39, 0.29) is 31.3 Å². The number of rotatable bonds is 47. The number of allylic oxidation sites excluding steroid dienone is 13. The monoisotopic (exact) mass is 957 g/mol. The Bertz CT molecular complexity index is 1430. The van der Waals surface area contributed by atoms with Crippen molar-refractivity contribution in [2.45, 2.75) is 226 Å². The van der Waals surface area contributed by atoms with Crippen molar-refractivity contribution in [1.82, 2.24) is 5.32 Å². The standard InChI is InChI=1S/C57H101N2O7P/c1-7-10-13-16-19-22-25-26-27-28-29-30-31-32-35-37-40-43-46-49-56(60)58-54(53-65-67(62,63)64-52-51-59(4,5)6)55(48-45-42-39-36-33-23-20-17-14-11-8-2)66-57(61)50-47-44-41-38-34-24-21-18-15-12-9-3/h10,13,18-19,21-22,26-27,29-30,32,35,45,48,54-55H,7-9,11-12,14-17,20,23-25,28,31,33-34,36-44,46-47,49-53H2,1-6H3,(H-,58,60,62,63)/b13-10-,21-18-,22-19-,27-26-,30-29-,35-32-,48-45-. The van der Waals surface area contributed by atoms with Crippen LogP contribution in [-0.2, 0) is 27.9 Å². The number of amides is 1. The maximum Gasteiger partial charge on any atom is 0.306 e. The van der Waals surface area contributed by atoms with Gasteiger partial charge in [0.1, 0.15) is 19.3 Å². The van der Waals surface area contributed by atoms with Gasteiger partial charge in [-0.05, 0) is 96.0 Å². The third kappa shape index (κ3) is 48.0. The van der Waals surface area contributed by atoms with Gasteiger partial charge < -0.3 is 28.5 Å². The van der Waals surface area contributed by atoms with Crippen LogP contribution in [0.15, 0.2) is 85.1 Å². The highest BCUT2D eigenvalue weighted by molar-refractivity contribution is 7.45. The molecule has 0 saturated heterocycles. The highest BCUT2D eigenvalue weighted by atomic mass is 31.2. The van der Waals surface area contributed by atoms with Gasteiger partial charge in [-0.15, -0.1) is 0 Å². The fourth-order valence-corrected chi connectivity index (χ4v) is 7.84. The summed E-state index contributed by atoms with van der Waals surface area (Å²) in [6, 6.07) is -0.910. The van der Waals surface area contributed by atoms with Crippen molar-refractivity contribution in [3.05, 3.63) is 85.1 Å². The van der Waals surface area contributed by atoms with Gasteiger partial charge in [-0.1, -0.05) is 190 Å². The minimum absolute atomic E-state index is 0.0341. The molecule has 0 fully saturated rings. The number of carbonyl (C=O) groups excluding carboxylic acids is 2. The predicted molar refractivity (Wildman–Crippen MR) is 284 cm³/mol. The van der Waals surface area contributed by atoms with Crippen molar-refractivity contribution in [3.8, 4) is 0 Å². The lowest BCUT2D eigenvalue weighted by molar-refractivity contribution is -0.870. The summed E-state index contributed by atoms with van der Waals surface area (Å²) in [5, 5.41) is 2.99. The number of phosphoric acid groups is 1. The molecule has 0 aromatic rings. The number of ether oxygens (including phenoxy) is 1. The van der Waals surface area contributed by atoms with Crippen LogP contribution in [0.5, 0.6) is 0 Å². The molecule has 0 aliphatic rings. The second kappa shape index (κ2) is 46.9. The molecule has 0 aliphatic carbocycles. The van der Waals surface area contributed by atoms with Crippen LogP contribution in [0.25, 0.3) is 0 Å². The zero-order chi connectivity index (χ0) is 49.4. The Hall–Kier alpha value is -2.81. The van der Waals surface area contributed by atoms with Crippen LogP contribution < -0.4 is 10.2 Å². The van der Waals surface area contributed by atoms with E-state index in [1.165, 1.54) is 57.8 Å². The van der Waals surface area contributed by atoms with Crippen LogP contribution in [-0.4, -0.2) is 69.4 Å². The number of hydrogen-bond acceptors (Lipinski definition) is 7. The maximum absolute atomic E-state index is 13.4. The molecule has 0 aliphatic heterocycles. The first-order chi connectivity index (χ1) is 32.4. The molecular formula is C57H101N2O7P. The van der Waals surface area contributed by atoms with E-state index < -0.39 is 26.6 Å². The van der Waals surface area contributed by atoms with Crippen LogP contribution >= 0.6 is 7.82 Å². The Balaban J connectivity index is 5.41. The number of nitrogens with zero attached hydrogens (tertiary/aromatic N) is 1. The molecule has 0 heterocycles. The smallest absolute Gasteiger partial charge is 0.306 e. The van der Waals surface area contributed by atoms with E-state index in [1.807, 2.05) is 33.3 Å². The molecule has 0 saturated carbocycles. The predicted octanol–water partition coefficient (Wildman–Crippen LogP) is 15.2. The SMILES string of the molecule is CC/C=C\C/C=C\C/C=C\C/C=C\C/C=C\CCCCCC(=O)NC(COP(=O)([O-])OCC[N+](C)(C)C)C(/C=C\CCCCCCCCCCC)OC(=O)CCCCCCC/C=C\CCCC. The summed E-state index contributed by atoms with van der Waals surface area (Å²) >= 11 is 0. The van der Waals surface area contributed by atoms with Crippen LogP contribution in [0, 0.1) is 0 Å². The van der Waals surface area contributed by atoms with Gasteiger partial charge in [0.25, 0.3) is 7.82 Å². The number of hydrogen-bond donors (Lipinski definition) is 1. The Labute approximate surface area is 412 Å². The van der Waals surface area contributed by atoms with E-state index in [0.717, 1.165) is 109 Å². The van der Waals surface area contributed by atoms with Crippen molar-refractivity contribution >= 4 is 19.7 Å². The number of quaternary nitrogens is 1. The first-order valence-electron chi connectivity index (χ1n) is 26.9. The van der Waals surface area contributed by atoms with Crippen molar-refractivity contribution in [2.24, 2.45) is 0 Å². The molecule has 0 rings (SSSR count). The maximum atomic E-state index is 13.4. The minimum atomic E-state index is -4.70. The molecular weight excluding hydrogens is 856 g/mol. The molecule has 0 bridgehead atoms. The van der Waals surface area contributed by atoms with E-state index in [0.29, 0.717) is 23.9 Å². The number of esters is 1. The quantitative estimate of drug-likeness (QED) is 0.0212. The topological polar surface area (TPSA) is 114 Å². The molecule has 0 radical (unpaired) electrons. The van der Waals surface area contributed by atoms with Crippen LogP contribution in [0.2, 0.25) is 0 Å². The number of unbranched alkanes of at least 4 members (excludes halogenated alkanes) is 19. The van der Waals surface area contributed by atoms with Gasteiger partial charge >= 0.3 is 5.97 Å². The zero-order valence-electron chi connectivity index (χ0n) is 43.8. The van der Waals surface area contributed by atoms with E-state index in [1.54, 1.807) is 0 Å². The average Bonchev–Trinajstić information content (AvgIpc) is 3.28. The summed E-state index contributed by atoms with van der Waals surface area (Å²) in [5.74, 6) is -0.598. The van der Waals surface area contributed by atoms with Gasteiger partial charge in [-0.25, -0.2) is 0 Å². The number of carbonyl (C=O) groups is 2. The lowest BCUT2D eigenvalue weighted by Gasteiger charge is -2.30. The molecule has 3 unspecified atom stereocenters. The molecule has 10 heteroatoms. The molecule has 386 valence electrons. The molecule has 1 amide bonds. The van der Waals surface area contributed by atoms with Gasteiger partial charge in [0.05, 0.1) is 33.8 Å². The summed E-state index contributed by atoms with van der Waals surface area (Å²) in [6.07, 6.45) is 59.8. The highest BCUT2D eigenvalue weighted by Crippen LogP contribution is 2.38. The Kier molecular flexibility index (Phi) is 44.9. The van der Waals surface area contributed by atoms with Crippen molar-refractivity contribution in [1.29, 1.82) is 0 Å². The number of nitrogens with one attached hydrogen (secondary N) is 1. The molecule has 0 aromatic carbocycles. The van der Waals surface area contributed by atoms with Crippen molar-refractivity contribution in [2.75, 3.05) is 40.9 Å². The first-order valence-corrected chi connectivity index (χ1v) is 28.4.